The number of pyridine rings is 1. The van der Waals surface area contributed by atoms with Gasteiger partial charge in [-0.05, 0) is 30.3 Å². The lowest BCUT2D eigenvalue weighted by Crippen LogP contribution is -1.97. The first-order valence-electron chi connectivity index (χ1n) is 7.38. The van der Waals surface area contributed by atoms with E-state index in [2.05, 4.69) is 6.07 Å². The number of aromatic nitrogens is 1. The molecule has 0 aliphatic carbocycles. The van der Waals surface area contributed by atoms with Crippen LogP contribution in [0.25, 0.3) is 10.9 Å². The Morgan fingerprint density at radius 1 is 0.783 bits per heavy atom. The highest BCUT2D eigenvalue weighted by molar-refractivity contribution is 5.80. The second-order valence-corrected chi connectivity index (χ2v) is 5.22. The van der Waals surface area contributed by atoms with Crippen molar-refractivity contribution >= 4 is 10.9 Å². The van der Waals surface area contributed by atoms with Crippen LogP contribution in [0.15, 0.2) is 48.5 Å². The fraction of sp³-hybridized carbons (Fsp3) is 0.211. The van der Waals surface area contributed by atoms with E-state index in [0.717, 1.165) is 39.4 Å². The zero-order chi connectivity index (χ0) is 16.2. The Kier molecular flexibility index (Phi) is 4.33. The molecule has 3 aromatic rings. The summed E-state index contributed by atoms with van der Waals surface area (Å²) in [5.74, 6) is 2.43. The van der Waals surface area contributed by atoms with Gasteiger partial charge < -0.3 is 14.2 Å². The molecule has 0 unspecified atom stereocenters. The molecule has 0 radical (unpaired) electrons. The summed E-state index contributed by atoms with van der Waals surface area (Å²) in [7, 11) is 4.98. The summed E-state index contributed by atoms with van der Waals surface area (Å²) in [5, 5.41) is 1.06. The summed E-state index contributed by atoms with van der Waals surface area (Å²) in [6.45, 7) is 0. The maximum atomic E-state index is 5.45. The number of ether oxygens (including phenoxy) is 3. The third kappa shape index (κ3) is 3.21. The van der Waals surface area contributed by atoms with Gasteiger partial charge in [0.15, 0.2) is 0 Å². The number of rotatable bonds is 5. The zero-order valence-electron chi connectivity index (χ0n) is 13.5. The minimum absolute atomic E-state index is 0.704. The van der Waals surface area contributed by atoms with Crippen molar-refractivity contribution in [2.45, 2.75) is 6.42 Å². The van der Waals surface area contributed by atoms with Gasteiger partial charge in [-0.2, -0.15) is 0 Å². The van der Waals surface area contributed by atoms with E-state index >= 15 is 0 Å². The summed E-state index contributed by atoms with van der Waals surface area (Å²) >= 11 is 0. The van der Waals surface area contributed by atoms with Gasteiger partial charge >= 0.3 is 0 Å². The Morgan fingerprint density at radius 2 is 1.52 bits per heavy atom. The van der Waals surface area contributed by atoms with Crippen LogP contribution in [-0.2, 0) is 6.42 Å². The second kappa shape index (κ2) is 6.57. The molecule has 0 aliphatic heterocycles. The van der Waals surface area contributed by atoms with Crippen molar-refractivity contribution in [3.05, 3.63) is 59.8 Å². The van der Waals surface area contributed by atoms with Crippen LogP contribution in [-0.4, -0.2) is 26.3 Å². The molecule has 0 saturated carbocycles. The fourth-order valence-corrected chi connectivity index (χ4v) is 2.56. The van der Waals surface area contributed by atoms with Crippen molar-refractivity contribution in [3.8, 4) is 17.2 Å². The Hall–Kier alpha value is -2.75. The molecular formula is C19H19NO3. The molecule has 0 fully saturated rings. The Balaban J connectivity index is 1.92. The van der Waals surface area contributed by atoms with Gasteiger partial charge in [0.2, 0.25) is 0 Å². The van der Waals surface area contributed by atoms with Crippen LogP contribution in [0, 0.1) is 0 Å². The SMILES string of the molecule is COc1ccc(Cc2ccc3cc(OC)ccc3n2)c(OC)c1. The molecule has 0 bridgehead atoms. The Bertz CT molecular complexity index is 830. The Labute approximate surface area is 135 Å². The average molecular weight is 309 g/mol. The third-order valence-electron chi connectivity index (χ3n) is 3.82. The minimum Gasteiger partial charge on any atom is -0.497 e. The van der Waals surface area contributed by atoms with Crippen LogP contribution in [0.4, 0.5) is 0 Å². The normalized spacial score (nSPS) is 10.6. The largest absolute Gasteiger partial charge is 0.497 e. The highest BCUT2D eigenvalue weighted by atomic mass is 16.5. The van der Waals surface area contributed by atoms with E-state index in [1.165, 1.54) is 0 Å². The number of benzene rings is 2. The van der Waals surface area contributed by atoms with Gasteiger partial charge in [0.05, 0.1) is 26.8 Å². The number of fused-ring (bicyclic) bond motifs is 1. The smallest absolute Gasteiger partial charge is 0.126 e. The van der Waals surface area contributed by atoms with Crippen molar-refractivity contribution in [2.24, 2.45) is 0 Å². The third-order valence-corrected chi connectivity index (χ3v) is 3.82. The van der Waals surface area contributed by atoms with E-state index in [-0.39, 0.29) is 0 Å². The summed E-state index contributed by atoms with van der Waals surface area (Å²) in [5.41, 5.74) is 3.02. The molecule has 0 aliphatic rings. The zero-order valence-corrected chi connectivity index (χ0v) is 13.5. The van der Waals surface area contributed by atoms with Gasteiger partial charge in [0.1, 0.15) is 17.2 Å². The first-order chi connectivity index (χ1) is 11.2. The van der Waals surface area contributed by atoms with Gasteiger partial charge in [-0.1, -0.05) is 12.1 Å². The van der Waals surface area contributed by atoms with E-state index < -0.39 is 0 Å². The van der Waals surface area contributed by atoms with Gasteiger partial charge in [-0.15, -0.1) is 0 Å². The number of nitrogens with zero attached hydrogens (tertiary/aromatic N) is 1. The van der Waals surface area contributed by atoms with Crippen LogP contribution in [0.1, 0.15) is 11.3 Å². The lowest BCUT2D eigenvalue weighted by molar-refractivity contribution is 0.391. The minimum atomic E-state index is 0.704. The maximum absolute atomic E-state index is 5.45. The molecule has 0 N–H and O–H groups in total. The molecule has 0 saturated heterocycles. The van der Waals surface area contributed by atoms with Crippen LogP contribution >= 0.6 is 0 Å². The lowest BCUT2D eigenvalue weighted by atomic mass is 10.1. The van der Waals surface area contributed by atoms with E-state index in [1.54, 1.807) is 21.3 Å². The summed E-state index contributed by atoms with van der Waals surface area (Å²) < 4.78 is 15.9. The molecule has 4 nitrogen and oxygen atoms in total. The molecule has 118 valence electrons. The van der Waals surface area contributed by atoms with Crippen molar-refractivity contribution in [1.29, 1.82) is 0 Å². The molecule has 0 amide bonds. The standard InChI is InChI=1S/C19H19NO3/c1-21-16-8-9-18-13(11-16)4-6-15(20-18)10-14-5-7-17(22-2)12-19(14)23-3/h4-9,11-12H,10H2,1-3H3. The van der Waals surface area contributed by atoms with Crippen LogP contribution < -0.4 is 14.2 Å². The number of hydrogen-bond acceptors (Lipinski definition) is 4. The predicted molar refractivity (Wildman–Crippen MR) is 90.6 cm³/mol. The molecular weight excluding hydrogens is 290 g/mol. The van der Waals surface area contributed by atoms with Gasteiger partial charge in [0.25, 0.3) is 0 Å². The van der Waals surface area contributed by atoms with Crippen molar-refractivity contribution in [1.82, 2.24) is 4.98 Å². The molecule has 4 heteroatoms. The topological polar surface area (TPSA) is 40.6 Å². The van der Waals surface area contributed by atoms with Crippen molar-refractivity contribution < 1.29 is 14.2 Å². The first-order valence-corrected chi connectivity index (χ1v) is 7.38. The quantitative estimate of drug-likeness (QED) is 0.718. The van der Waals surface area contributed by atoms with Crippen LogP contribution in [0.2, 0.25) is 0 Å². The summed E-state index contributed by atoms with van der Waals surface area (Å²) in [4.78, 5) is 4.72. The molecule has 1 aromatic heterocycles. The molecule has 0 atom stereocenters. The van der Waals surface area contributed by atoms with Crippen LogP contribution in [0.5, 0.6) is 17.2 Å². The summed E-state index contributed by atoms with van der Waals surface area (Å²) in [6, 6.07) is 15.8. The van der Waals surface area contributed by atoms with E-state index in [1.807, 2.05) is 42.5 Å². The molecule has 3 rings (SSSR count). The first kappa shape index (κ1) is 15.2. The number of methoxy groups -OCH3 is 3. The van der Waals surface area contributed by atoms with Gasteiger partial charge in [-0.25, -0.2) is 0 Å². The van der Waals surface area contributed by atoms with Crippen molar-refractivity contribution in [3.63, 3.8) is 0 Å². The highest BCUT2D eigenvalue weighted by Crippen LogP contribution is 2.27. The van der Waals surface area contributed by atoms with E-state index in [0.29, 0.717) is 6.42 Å². The van der Waals surface area contributed by atoms with E-state index in [9.17, 15) is 0 Å². The van der Waals surface area contributed by atoms with Gasteiger partial charge in [0, 0.05) is 29.1 Å². The highest BCUT2D eigenvalue weighted by Gasteiger charge is 2.08. The molecule has 23 heavy (non-hydrogen) atoms. The predicted octanol–water partition coefficient (Wildman–Crippen LogP) is 3.85. The average Bonchev–Trinajstić information content (AvgIpc) is 2.61. The molecule has 2 aromatic carbocycles. The lowest BCUT2D eigenvalue weighted by Gasteiger charge is -2.10. The Morgan fingerprint density at radius 3 is 2.26 bits per heavy atom. The summed E-state index contributed by atoms with van der Waals surface area (Å²) in [6.07, 6.45) is 0.704. The molecule has 0 spiro atoms. The second-order valence-electron chi connectivity index (χ2n) is 5.22. The fourth-order valence-electron chi connectivity index (χ4n) is 2.56. The van der Waals surface area contributed by atoms with Gasteiger partial charge in [-0.3, -0.25) is 4.98 Å². The molecule has 1 heterocycles. The monoisotopic (exact) mass is 309 g/mol. The van der Waals surface area contributed by atoms with E-state index in [4.69, 9.17) is 19.2 Å². The maximum Gasteiger partial charge on any atom is 0.126 e. The number of hydrogen-bond donors (Lipinski definition) is 0. The van der Waals surface area contributed by atoms with Crippen molar-refractivity contribution in [2.75, 3.05) is 21.3 Å². The van der Waals surface area contributed by atoms with Crippen LogP contribution in [0.3, 0.4) is 0 Å².